The lowest BCUT2D eigenvalue weighted by molar-refractivity contribution is 0.0949. The molecule has 9 nitrogen and oxygen atoms in total. The number of amides is 1. The van der Waals surface area contributed by atoms with Gasteiger partial charge >= 0.3 is 0 Å². The minimum absolute atomic E-state index is 0.0182. The van der Waals surface area contributed by atoms with Crippen LogP contribution < -0.4 is 5.32 Å². The molecule has 148 valence electrons. The fourth-order valence-corrected chi connectivity index (χ4v) is 2.90. The molecule has 0 aliphatic carbocycles. The number of aliphatic hydroxyl groups excluding tert-OH is 1. The minimum atomic E-state index is -0.763. The molecule has 4 aromatic rings. The molecule has 0 aliphatic heterocycles. The number of aromatic nitrogens is 5. The fourth-order valence-electron chi connectivity index (χ4n) is 2.90. The number of carbonyl (C=O) groups is 1. The van der Waals surface area contributed by atoms with Crippen LogP contribution in [-0.2, 0) is 6.54 Å². The summed E-state index contributed by atoms with van der Waals surface area (Å²) in [4.78, 5) is 16.6. The summed E-state index contributed by atoms with van der Waals surface area (Å²) in [5.74, 6) is 0.687. The van der Waals surface area contributed by atoms with Gasteiger partial charge in [0.05, 0.1) is 5.56 Å². The van der Waals surface area contributed by atoms with Gasteiger partial charge in [0.15, 0.2) is 11.5 Å². The van der Waals surface area contributed by atoms with Gasteiger partial charge in [-0.2, -0.15) is 4.98 Å². The van der Waals surface area contributed by atoms with Gasteiger partial charge in [0.2, 0.25) is 12.2 Å². The number of carbonyl (C=O) groups excluding carboxylic acids is 1. The lowest BCUT2D eigenvalue weighted by atomic mass is 10.1. The van der Waals surface area contributed by atoms with Crippen LogP contribution in [-0.4, -0.2) is 35.8 Å². The van der Waals surface area contributed by atoms with Crippen LogP contribution in [0.1, 0.15) is 41.7 Å². The molecule has 1 atom stereocenters. The number of pyridine rings is 1. The number of benzene rings is 1. The number of hydrogen-bond acceptors (Lipinski definition) is 7. The molecule has 4 rings (SSSR count). The van der Waals surface area contributed by atoms with Gasteiger partial charge in [-0.25, -0.2) is 0 Å². The van der Waals surface area contributed by atoms with Gasteiger partial charge in [0, 0.05) is 18.3 Å². The van der Waals surface area contributed by atoms with E-state index in [9.17, 15) is 9.90 Å². The summed E-state index contributed by atoms with van der Waals surface area (Å²) < 4.78 is 6.40. The molecule has 0 bridgehead atoms. The molecule has 0 saturated carbocycles. The number of nitrogens with one attached hydrogen (secondary N) is 1. The predicted molar refractivity (Wildman–Crippen MR) is 104 cm³/mol. The zero-order chi connectivity index (χ0) is 20.4. The van der Waals surface area contributed by atoms with Crippen LogP contribution >= 0.6 is 0 Å². The van der Waals surface area contributed by atoms with E-state index in [-0.39, 0.29) is 11.8 Å². The van der Waals surface area contributed by atoms with Gasteiger partial charge in [0.25, 0.3) is 5.91 Å². The quantitative estimate of drug-likeness (QED) is 0.517. The first-order valence-corrected chi connectivity index (χ1v) is 9.19. The summed E-state index contributed by atoms with van der Waals surface area (Å²) in [6.45, 7) is 4.16. The average molecular weight is 392 g/mol. The van der Waals surface area contributed by atoms with Crippen LogP contribution in [0.5, 0.6) is 0 Å². The molecule has 1 amide bonds. The maximum absolute atomic E-state index is 12.6. The fraction of sp³-hybridized carbons (Fsp3) is 0.250. The Morgan fingerprint density at radius 3 is 2.66 bits per heavy atom. The number of fused-ring (bicyclic) bond motifs is 1. The standard InChI is InChI=1S/C20H20N6O3/c1-12(2)17(27)19-24-23-16-8-7-15(10-26(16)19)20(28)21-9-13-3-5-14(6-4-13)18-22-11-29-25-18/h3-8,10-12,17,27H,9H2,1-2H3,(H,21,28). The maximum atomic E-state index is 12.6. The van der Waals surface area contributed by atoms with Crippen LogP contribution in [0.2, 0.25) is 0 Å². The third-order valence-corrected chi connectivity index (χ3v) is 4.61. The van der Waals surface area contributed by atoms with Crippen LogP contribution in [0.15, 0.2) is 53.5 Å². The highest BCUT2D eigenvalue weighted by atomic mass is 16.5. The summed E-state index contributed by atoms with van der Waals surface area (Å²) in [5.41, 5.74) is 2.81. The Balaban J connectivity index is 1.47. The van der Waals surface area contributed by atoms with Crippen molar-refractivity contribution >= 4 is 11.6 Å². The smallest absolute Gasteiger partial charge is 0.253 e. The van der Waals surface area contributed by atoms with Gasteiger partial charge in [0.1, 0.15) is 6.10 Å². The number of rotatable bonds is 6. The van der Waals surface area contributed by atoms with Gasteiger partial charge in [-0.3, -0.25) is 9.20 Å². The van der Waals surface area contributed by atoms with Crippen LogP contribution in [0, 0.1) is 5.92 Å². The summed E-state index contributed by atoms with van der Waals surface area (Å²) in [6, 6.07) is 10.9. The molecule has 3 aromatic heterocycles. The molecular formula is C20H20N6O3. The Morgan fingerprint density at radius 1 is 1.17 bits per heavy atom. The highest BCUT2D eigenvalue weighted by Gasteiger charge is 2.19. The van der Waals surface area contributed by atoms with Crippen molar-refractivity contribution in [3.63, 3.8) is 0 Å². The van der Waals surface area contributed by atoms with Crippen molar-refractivity contribution in [3.05, 3.63) is 65.9 Å². The van der Waals surface area contributed by atoms with Crippen molar-refractivity contribution in [3.8, 4) is 11.4 Å². The third-order valence-electron chi connectivity index (χ3n) is 4.61. The Morgan fingerprint density at radius 2 is 1.97 bits per heavy atom. The zero-order valence-electron chi connectivity index (χ0n) is 16.0. The first-order valence-electron chi connectivity index (χ1n) is 9.19. The number of aliphatic hydroxyl groups is 1. The van der Waals surface area contributed by atoms with E-state index >= 15 is 0 Å². The molecule has 0 saturated heterocycles. The van der Waals surface area contributed by atoms with Crippen molar-refractivity contribution in [2.75, 3.05) is 0 Å². The van der Waals surface area contributed by atoms with Gasteiger partial charge in [-0.05, 0) is 23.6 Å². The Labute approximate surface area is 166 Å². The predicted octanol–water partition coefficient (Wildman–Crippen LogP) is 2.40. The van der Waals surface area contributed by atoms with Crippen LogP contribution in [0.4, 0.5) is 0 Å². The molecule has 1 aromatic carbocycles. The SMILES string of the molecule is CC(C)C(O)c1nnc2ccc(C(=O)NCc3ccc(-c4ncon4)cc3)cn12. The lowest BCUT2D eigenvalue weighted by Gasteiger charge is -2.12. The van der Waals surface area contributed by atoms with E-state index in [0.29, 0.717) is 29.4 Å². The second-order valence-electron chi connectivity index (χ2n) is 7.03. The normalized spacial score (nSPS) is 12.4. The van der Waals surface area contributed by atoms with E-state index in [1.807, 2.05) is 38.1 Å². The van der Waals surface area contributed by atoms with Crippen molar-refractivity contribution < 1.29 is 14.4 Å². The van der Waals surface area contributed by atoms with E-state index in [0.717, 1.165) is 11.1 Å². The topological polar surface area (TPSA) is 118 Å². The van der Waals surface area contributed by atoms with Gasteiger partial charge in [-0.1, -0.05) is 43.3 Å². The molecule has 0 radical (unpaired) electrons. The van der Waals surface area contributed by atoms with Gasteiger partial charge in [-0.15, -0.1) is 10.2 Å². The second-order valence-corrected chi connectivity index (χ2v) is 7.03. The summed E-state index contributed by atoms with van der Waals surface area (Å²) in [7, 11) is 0. The number of nitrogens with zero attached hydrogens (tertiary/aromatic N) is 5. The lowest BCUT2D eigenvalue weighted by Crippen LogP contribution is -2.23. The Hall–Kier alpha value is -3.59. The van der Waals surface area contributed by atoms with Crippen molar-refractivity contribution in [1.82, 2.24) is 30.1 Å². The van der Waals surface area contributed by atoms with Crippen LogP contribution in [0.25, 0.3) is 17.0 Å². The van der Waals surface area contributed by atoms with E-state index < -0.39 is 6.10 Å². The maximum Gasteiger partial charge on any atom is 0.253 e. The van der Waals surface area contributed by atoms with E-state index in [1.165, 1.54) is 6.39 Å². The zero-order valence-corrected chi connectivity index (χ0v) is 16.0. The summed E-state index contributed by atoms with van der Waals surface area (Å²) in [5, 5.41) is 25.1. The molecule has 9 heteroatoms. The minimum Gasteiger partial charge on any atom is -0.385 e. The Kier molecular flexibility index (Phi) is 5.05. The average Bonchev–Trinajstić information content (AvgIpc) is 3.41. The third kappa shape index (κ3) is 3.85. The first kappa shape index (κ1) is 18.8. The Bertz CT molecular complexity index is 1120. The molecule has 3 heterocycles. The number of hydrogen-bond donors (Lipinski definition) is 2. The van der Waals surface area contributed by atoms with E-state index in [4.69, 9.17) is 4.52 Å². The van der Waals surface area contributed by atoms with Crippen molar-refractivity contribution in [2.45, 2.75) is 26.5 Å². The highest BCUT2D eigenvalue weighted by Crippen LogP contribution is 2.21. The largest absolute Gasteiger partial charge is 0.385 e. The van der Waals surface area contributed by atoms with Gasteiger partial charge < -0.3 is 14.9 Å². The monoisotopic (exact) mass is 392 g/mol. The van der Waals surface area contributed by atoms with Crippen molar-refractivity contribution in [1.29, 1.82) is 0 Å². The molecule has 2 N–H and O–H groups in total. The molecule has 1 unspecified atom stereocenters. The summed E-state index contributed by atoms with van der Waals surface area (Å²) >= 11 is 0. The summed E-state index contributed by atoms with van der Waals surface area (Å²) in [6.07, 6.45) is 2.16. The second kappa shape index (κ2) is 7.80. The van der Waals surface area contributed by atoms with Crippen LogP contribution in [0.3, 0.4) is 0 Å². The molecule has 0 spiro atoms. The van der Waals surface area contributed by atoms with E-state index in [1.54, 1.807) is 22.7 Å². The molecular weight excluding hydrogens is 372 g/mol. The molecule has 0 fully saturated rings. The van der Waals surface area contributed by atoms with Crippen molar-refractivity contribution in [2.24, 2.45) is 5.92 Å². The van der Waals surface area contributed by atoms with E-state index in [2.05, 4.69) is 25.7 Å². The first-order chi connectivity index (χ1) is 14.0. The molecule has 0 aliphatic rings. The molecule has 29 heavy (non-hydrogen) atoms. The highest BCUT2D eigenvalue weighted by molar-refractivity contribution is 5.94.